The van der Waals surface area contributed by atoms with E-state index in [2.05, 4.69) is 42.4 Å². The molecule has 0 N–H and O–H groups in total. The maximum Gasteiger partial charge on any atom is 0.137 e. The Labute approximate surface area is 235 Å². The standard InChI is InChI=1S/C31H65N3O2Si/c1-5-9-11-17-21-32(22-18-12-10-6-2)24-27-34-28-25-33(26-29-34)23-19-15-13-14-16-20-30-37-31(35-7-3)36-8-4/h31H,5-30H2,1-4H3. The molecule has 220 valence electrons. The molecule has 0 atom stereocenters. The molecule has 1 aliphatic rings. The summed E-state index contributed by atoms with van der Waals surface area (Å²) in [5.74, 6) is 0.0421. The van der Waals surface area contributed by atoms with E-state index in [0.717, 1.165) is 22.7 Å². The highest BCUT2D eigenvalue weighted by atomic mass is 28.2. The zero-order chi connectivity index (χ0) is 26.8. The van der Waals surface area contributed by atoms with Gasteiger partial charge in [-0.1, -0.05) is 90.5 Å². The Balaban J connectivity index is 2.05. The minimum absolute atomic E-state index is 0.0421. The van der Waals surface area contributed by atoms with Crippen LogP contribution in [0, 0.1) is 0 Å². The van der Waals surface area contributed by atoms with Crippen molar-refractivity contribution in [1.29, 1.82) is 0 Å². The molecule has 0 aromatic rings. The minimum atomic E-state index is 0.0421. The summed E-state index contributed by atoms with van der Waals surface area (Å²) >= 11 is 0. The van der Waals surface area contributed by atoms with E-state index in [-0.39, 0.29) is 5.91 Å². The van der Waals surface area contributed by atoms with Gasteiger partial charge in [0.1, 0.15) is 15.4 Å². The van der Waals surface area contributed by atoms with Gasteiger partial charge in [0.25, 0.3) is 0 Å². The first-order valence-corrected chi connectivity index (χ1v) is 17.6. The topological polar surface area (TPSA) is 28.2 Å². The van der Waals surface area contributed by atoms with Gasteiger partial charge in [0.15, 0.2) is 0 Å². The van der Waals surface area contributed by atoms with E-state index < -0.39 is 0 Å². The van der Waals surface area contributed by atoms with Crippen LogP contribution in [-0.4, -0.2) is 102 Å². The molecule has 1 heterocycles. The molecule has 2 radical (unpaired) electrons. The van der Waals surface area contributed by atoms with Gasteiger partial charge in [-0.2, -0.15) is 0 Å². The summed E-state index contributed by atoms with van der Waals surface area (Å²) in [6.07, 6.45) is 19.3. The fraction of sp³-hybridized carbons (Fsp3) is 1.00. The number of piperazine rings is 1. The number of ether oxygens (including phenoxy) is 2. The number of unbranched alkanes of at least 4 members (excludes halogenated alkanes) is 11. The lowest BCUT2D eigenvalue weighted by Gasteiger charge is -2.36. The second-order valence-corrected chi connectivity index (χ2v) is 12.3. The molecule has 37 heavy (non-hydrogen) atoms. The van der Waals surface area contributed by atoms with Crippen LogP contribution in [0.15, 0.2) is 0 Å². The third-order valence-electron chi connectivity index (χ3n) is 7.70. The first kappa shape index (κ1) is 35.0. The average Bonchev–Trinajstić information content (AvgIpc) is 2.91. The maximum atomic E-state index is 5.65. The second-order valence-electron chi connectivity index (χ2n) is 11.0. The van der Waals surface area contributed by atoms with E-state index in [0.29, 0.717) is 0 Å². The summed E-state index contributed by atoms with van der Waals surface area (Å²) < 4.78 is 11.3. The number of rotatable bonds is 27. The van der Waals surface area contributed by atoms with Gasteiger partial charge in [-0.15, -0.1) is 0 Å². The molecule has 0 aromatic heterocycles. The van der Waals surface area contributed by atoms with Gasteiger partial charge in [-0.3, -0.25) is 4.90 Å². The molecule has 0 aliphatic carbocycles. The molecule has 0 saturated carbocycles. The molecule has 0 amide bonds. The van der Waals surface area contributed by atoms with Crippen molar-refractivity contribution in [1.82, 2.24) is 14.7 Å². The number of hydrogen-bond donors (Lipinski definition) is 0. The third-order valence-corrected chi connectivity index (χ3v) is 9.01. The van der Waals surface area contributed by atoms with Crippen molar-refractivity contribution in [2.24, 2.45) is 0 Å². The van der Waals surface area contributed by atoms with Crippen LogP contribution >= 0.6 is 0 Å². The lowest BCUT2D eigenvalue weighted by molar-refractivity contribution is -0.0827. The maximum absolute atomic E-state index is 5.65. The zero-order valence-corrected chi connectivity index (χ0v) is 26.6. The summed E-state index contributed by atoms with van der Waals surface area (Å²) in [6, 6.07) is 1.25. The molecular formula is C31H65N3O2Si. The highest BCUT2D eigenvalue weighted by Gasteiger charge is 2.17. The van der Waals surface area contributed by atoms with Crippen molar-refractivity contribution in [3.63, 3.8) is 0 Å². The summed E-state index contributed by atoms with van der Waals surface area (Å²) in [5, 5.41) is 0. The number of nitrogens with zero attached hydrogens (tertiary/aromatic N) is 3. The summed E-state index contributed by atoms with van der Waals surface area (Å²) in [6.45, 7) is 21.8. The quantitative estimate of drug-likeness (QED) is 0.0644. The lowest BCUT2D eigenvalue weighted by atomic mass is 10.1. The highest BCUT2D eigenvalue weighted by molar-refractivity contribution is 6.36. The van der Waals surface area contributed by atoms with E-state index in [1.165, 1.54) is 155 Å². The van der Waals surface area contributed by atoms with E-state index in [1.807, 2.05) is 0 Å². The molecule has 1 rings (SSSR count). The summed E-state index contributed by atoms with van der Waals surface area (Å²) in [5.41, 5.74) is 0. The fourth-order valence-electron chi connectivity index (χ4n) is 5.24. The first-order chi connectivity index (χ1) is 18.2. The van der Waals surface area contributed by atoms with Gasteiger partial charge >= 0.3 is 0 Å². The molecule has 0 aromatic carbocycles. The molecule has 1 fully saturated rings. The Kier molecular flexibility index (Phi) is 24.9. The van der Waals surface area contributed by atoms with Crippen LogP contribution in [0.25, 0.3) is 0 Å². The molecular weight excluding hydrogens is 474 g/mol. The van der Waals surface area contributed by atoms with Crippen molar-refractivity contribution in [2.45, 2.75) is 130 Å². The predicted molar refractivity (Wildman–Crippen MR) is 163 cm³/mol. The van der Waals surface area contributed by atoms with Gasteiger partial charge in [-0.25, -0.2) is 0 Å². The van der Waals surface area contributed by atoms with E-state index in [4.69, 9.17) is 9.47 Å². The highest BCUT2D eigenvalue weighted by Crippen LogP contribution is 2.11. The van der Waals surface area contributed by atoms with E-state index in [9.17, 15) is 0 Å². The molecule has 1 saturated heterocycles. The van der Waals surface area contributed by atoms with Crippen molar-refractivity contribution in [3.05, 3.63) is 0 Å². The van der Waals surface area contributed by atoms with Crippen LogP contribution in [0.1, 0.15) is 118 Å². The van der Waals surface area contributed by atoms with Crippen LogP contribution < -0.4 is 0 Å². The van der Waals surface area contributed by atoms with Gasteiger partial charge in [0, 0.05) is 52.5 Å². The Hall–Kier alpha value is 0.0169. The molecule has 0 bridgehead atoms. The van der Waals surface area contributed by atoms with Gasteiger partial charge in [0.05, 0.1) is 0 Å². The van der Waals surface area contributed by atoms with E-state index in [1.54, 1.807) is 0 Å². The first-order valence-electron chi connectivity index (χ1n) is 16.4. The Morgan fingerprint density at radius 2 is 1.05 bits per heavy atom. The van der Waals surface area contributed by atoms with Crippen LogP contribution in [0.4, 0.5) is 0 Å². The fourth-order valence-corrected chi connectivity index (χ4v) is 6.49. The molecule has 5 nitrogen and oxygen atoms in total. The van der Waals surface area contributed by atoms with Crippen molar-refractivity contribution in [2.75, 3.05) is 72.1 Å². The van der Waals surface area contributed by atoms with Gasteiger partial charge in [-0.05, 0) is 52.7 Å². The predicted octanol–water partition coefficient (Wildman–Crippen LogP) is 6.89. The van der Waals surface area contributed by atoms with Crippen molar-refractivity contribution < 1.29 is 9.47 Å². The Morgan fingerprint density at radius 3 is 1.59 bits per heavy atom. The van der Waals surface area contributed by atoms with Crippen molar-refractivity contribution >= 4 is 9.52 Å². The van der Waals surface area contributed by atoms with Crippen LogP contribution in [0.5, 0.6) is 0 Å². The van der Waals surface area contributed by atoms with Gasteiger partial charge < -0.3 is 19.3 Å². The molecule has 6 heteroatoms. The summed E-state index contributed by atoms with van der Waals surface area (Å²) in [4.78, 5) is 8.21. The molecule has 0 unspecified atom stereocenters. The lowest BCUT2D eigenvalue weighted by Crippen LogP contribution is -2.48. The smallest absolute Gasteiger partial charge is 0.137 e. The molecule has 1 aliphatic heterocycles. The average molecular weight is 540 g/mol. The Bertz CT molecular complexity index is 446. The third kappa shape index (κ3) is 20.6. The SMILES string of the molecule is CCCCCCN(CCCCCC)CCN1CCN(CCCCCCCC[Si]C(OCC)OCC)CC1. The zero-order valence-electron chi connectivity index (χ0n) is 25.6. The van der Waals surface area contributed by atoms with Crippen LogP contribution in [-0.2, 0) is 9.47 Å². The second kappa shape index (κ2) is 26.3. The largest absolute Gasteiger partial charge is 0.357 e. The van der Waals surface area contributed by atoms with Crippen LogP contribution in [0.2, 0.25) is 6.04 Å². The normalized spacial score (nSPS) is 15.4. The van der Waals surface area contributed by atoms with Crippen molar-refractivity contribution in [3.8, 4) is 0 Å². The van der Waals surface area contributed by atoms with E-state index >= 15 is 0 Å². The minimum Gasteiger partial charge on any atom is -0.357 e. The monoisotopic (exact) mass is 539 g/mol. The molecule has 0 spiro atoms. The Morgan fingerprint density at radius 1 is 0.568 bits per heavy atom. The summed E-state index contributed by atoms with van der Waals surface area (Å²) in [7, 11) is 0.789. The number of hydrogen-bond acceptors (Lipinski definition) is 5. The van der Waals surface area contributed by atoms with Crippen LogP contribution in [0.3, 0.4) is 0 Å². The van der Waals surface area contributed by atoms with Gasteiger partial charge in [0.2, 0.25) is 0 Å².